The summed E-state index contributed by atoms with van der Waals surface area (Å²) in [6.07, 6.45) is 0. The maximum Gasteiger partial charge on any atom is 0.0399 e. The van der Waals surface area contributed by atoms with E-state index in [0.717, 1.165) is 26.2 Å². The number of anilines is 1. The lowest BCUT2D eigenvalue weighted by Crippen LogP contribution is -2.50. The monoisotopic (exact) mass is 247 g/mol. The summed E-state index contributed by atoms with van der Waals surface area (Å²) in [5, 5.41) is 3.20. The first-order valence-electron chi connectivity index (χ1n) is 6.81. The highest BCUT2D eigenvalue weighted by Crippen LogP contribution is 2.25. The van der Waals surface area contributed by atoms with Crippen LogP contribution in [0.3, 0.4) is 0 Å². The highest BCUT2D eigenvalue weighted by atomic mass is 15.3. The fourth-order valence-corrected chi connectivity index (χ4v) is 2.85. The normalized spacial score (nSPS) is 21.3. The Morgan fingerprint density at radius 1 is 1.33 bits per heavy atom. The highest BCUT2D eigenvalue weighted by molar-refractivity contribution is 5.55. The molecule has 0 bridgehead atoms. The number of likely N-dealkylation sites (N-methyl/N-ethyl adjacent to an activating group) is 1. The zero-order valence-corrected chi connectivity index (χ0v) is 12.0. The largest absolute Gasteiger partial charge is 0.366 e. The lowest BCUT2D eigenvalue weighted by Gasteiger charge is -2.40. The van der Waals surface area contributed by atoms with Gasteiger partial charge in [0.2, 0.25) is 0 Å². The van der Waals surface area contributed by atoms with Crippen molar-refractivity contribution in [1.82, 2.24) is 10.2 Å². The van der Waals surface area contributed by atoms with Crippen LogP contribution in [0, 0.1) is 6.92 Å². The standard InChI is InChI=1S/C15H25N3/c1-12-9-14(10-16-3)5-6-15(12)18-8-7-17(4)11-13(18)2/h5-6,9,13,16H,7-8,10-11H2,1-4H3. The molecule has 3 nitrogen and oxygen atoms in total. The van der Waals surface area contributed by atoms with Gasteiger partial charge >= 0.3 is 0 Å². The van der Waals surface area contributed by atoms with Crippen LogP contribution >= 0.6 is 0 Å². The Morgan fingerprint density at radius 2 is 2.11 bits per heavy atom. The zero-order chi connectivity index (χ0) is 13.1. The van der Waals surface area contributed by atoms with Crippen LogP contribution in [-0.2, 0) is 6.54 Å². The topological polar surface area (TPSA) is 18.5 Å². The summed E-state index contributed by atoms with van der Waals surface area (Å²) in [5.74, 6) is 0. The summed E-state index contributed by atoms with van der Waals surface area (Å²) in [6, 6.07) is 7.42. The van der Waals surface area contributed by atoms with Gasteiger partial charge in [-0.3, -0.25) is 0 Å². The maximum atomic E-state index is 3.20. The van der Waals surface area contributed by atoms with E-state index in [1.165, 1.54) is 16.8 Å². The molecule has 1 aromatic carbocycles. The van der Waals surface area contributed by atoms with Crippen molar-refractivity contribution in [2.45, 2.75) is 26.4 Å². The second-order valence-corrected chi connectivity index (χ2v) is 5.46. The Morgan fingerprint density at radius 3 is 2.72 bits per heavy atom. The average molecular weight is 247 g/mol. The SMILES string of the molecule is CNCc1ccc(N2CCN(C)CC2C)c(C)c1. The van der Waals surface area contributed by atoms with Crippen LogP contribution in [0.15, 0.2) is 18.2 Å². The minimum Gasteiger partial charge on any atom is -0.366 e. The molecular weight excluding hydrogens is 222 g/mol. The molecule has 0 saturated carbocycles. The van der Waals surface area contributed by atoms with Gasteiger partial charge in [0.15, 0.2) is 0 Å². The molecular formula is C15H25N3. The van der Waals surface area contributed by atoms with E-state index < -0.39 is 0 Å². The molecule has 1 aromatic rings. The van der Waals surface area contributed by atoms with Crippen LogP contribution in [0.4, 0.5) is 5.69 Å². The number of benzene rings is 1. The van der Waals surface area contributed by atoms with Gasteiger partial charge in [-0.25, -0.2) is 0 Å². The van der Waals surface area contributed by atoms with E-state index >= 15 is 0 Å². The minimum atomic E-state index is 0.595. The summed E-state index contributed by atoms with van der Waals surface area (Å²) in [5.41, 5.74) is 4.15. The van der Waals surface area contributed by atoms with Crippen LogP contribution in [0.1, 0.15) is 18.1 Å². The highest BCUT2D eigenvalue weighted by Gasteiger charge is 2.22. The third-order valence-electron chi connectivity index (χ3n) is 3.78. The third kappa shape index (κ3) is 2.85. The molecule has 0 aliphatic carbocycles. The fraction of sp³-hybridized carbons (Fsp3) is 0.600. The number of hydrogen-bond acceptors (Lipinski definition) is 3. The number of nitrogens with zero attached hydrogens (tertiary/aromatic N) is 2. The molecule has 1 fully saturated rings. The Balaban J connectivity index is 2.17. The Hall–Kier alpha value is -1.06. The van der Waals surface area contributed by atoms with Crippen molar-refractivity contribution in [2.24, 2.45) is 0 Å². The first-order valence-corrected chi connectivity index (χ1v) is 6.81. The lowest BCUT2D eigenvalue weighted by molar-refractivity contribution is 0.275. The minimum absolute atomic E-state index is 0.595. The van der Waals surface area contributed by atoms with Crippen molar-refractivity contribution in [3.63, 3.8) is 0 Å². The van der Waals surface area contributed by atoms with Crippen molar-refractivity contribution in [3.05, 3.63) is 29.3 Å². The quantitative estimate of drug-likeness (QED) is 0.879. The Bertz CT molecular complexity index is 403. The molecule has 1 aliphatic heterocycles. The molecule has 1 atom stereocenters. The Kier molecular flexibility index (Phi) is 4.25. The van der Waals surface area contributed by atoms with E-state index in [4.69, 9.17) is 0 Å². The molecule has 1 unspecified atom stereocenters. The fourth-order valence-electron chi connectivity index (χ4n) is 2.85. The molecule has 1 heterocycles. The summed E-state index contributed by atoms with van der Waals surface area (Å²) >= 11 is 0. The van der Waals surface area contributed by atoms with Gasteiger partial charge in [0.25, 0.3) is 0 Å². The lowest BCUT2D eigenvalue weighted by atomic mass is 10.1. The number of hydrogen-bond donors (Lipinski definition) is 1. The second kappa shape index (κ2) is 5.72. The van der Waals surface area contributed by atoms with Crippen molar-refractivity contribution >= 4 is 5.69 Å². The van der Waals surface area contributed by atoms with Crippen LogP contribution < -0.4 is 10.2 Å². The van der Waals surface area contributed by atoms with Crippen molar-refractivity contribution in [1.29, 1.82) is 0 Å². The van der Waals surface area contributed by atoms with E-state index in [0.29, 0.717) is 6.04 Å². The number of nitrogens with one attached hydrogen (secondary N) is 1. The second-order valence-electron chi connectivity index (χ2n) is 5.46. The van der Waals surface area contributed by atoms with Crippen molar-refractivity contribution in [2.75, 3.05) is 38.6 Å². The van der Waals surface area contributed by atoms with Crippen molar-refractivity contribution < 1.29 is 0 Å². The summed E-state index contributed by atoms with van der Waals surface area (Å²) in [4.78, 5) is 4.95. The molecule has 0 spiro atoms. The van der Waals surface area contributed by atoms with Gasteiger partial charge in [0.1, 0.15) is 0 Å². The van der Waals surface area contributed by atoms with E-state index in [1.54, 1.807) is 0 Å². The first-order chi connectivity index (χ1) is 8.61. The van der Waals surface area contributed by atoms with Gasteiger partial charge in [-0.05, 0) is 45.1 Å². The molecule has 0 aromatic heterocycles. The van der Waals surface area contributed by atoms with Crippen LogP contribution in [0.25, 0.3) is 0 Å². The van der Waals surface area contributed by atoms with Gasteiger partial charge in [-0.2, -0.15) is 0 Å². The molecule has 1 aliphatic rings. The van der Waals surface area contributed by atoms with E-state index in [-0.39, 0.29) is 0 Å². The van der Waals surface area contributed by atoms with Crippen LogP contribution in [0.2, 0.25) is 0 Å². The molecule has 0 radical (unpaired) electrons. The van der Waals surface area contributed by atoms with E-state index in [1.807, 2.05) is 7.05 Å². The summed E-state index contributed by atoms with van der Waals surface area (Å²) in [6.45, 7) is 8.92. The third-order valence-corrected chi connectivity index (χ3v) is 3.78. The van der Waals surface area contributed by atoms with Gasteiger partial charge in [-0.15, -0.1) is 0 Å². The molecule has 3 heteroatoms. The Labute approximate surface area is 111 Å². The zero-order valence-electron chi connectivity index (χ0n) is 12.0. The molecule has 0 amide bonds. The number of aryl methyl sites for hydroxylation is 1. The molecule has 18 heavy (non-hydrogen) atoms. The molecule has 100 valence electrons. The van der Waals surface area contributed by atoms with Gasteiger partial charge < -0.3 is 15.1 Å². The molecule has 1 N–H and O–H groups in total. The first kappa shape index (κ1) is 13.4. The number of rotatable bonds is 3. The van der Waals surface area contributed by atoms with E-state index in [9.17, 15) is 0 Å². The van der Waals surface area contributed by atoms with Gasteiger partial charge in [-0.1, -0.05) is 12.1 Å². The molecule has 1 saturated heterocycles. The summed E-state index contributed by atoms with van der Waals surface area (Å²) < 4.78 is 0. The smallest absolute Gasteiger partial charge is 0.0399 e. The molecule has 2 rings (SSSR count). The summed E-state index contributed by atoms with van der Waals surface area (Å²) in [7, 11) is 4.20. The maximum absolute atomic E-state index is 3.20. The van der Waals surface area contributed by atoms with Crippen LogP contribution in [-0.4, -0.2) is 44.7 Å². The average Bonchev–Trinajstić information content (AvgIpc) is 2.31. The van der Waals surface area contributed by atoms with Gasteiger partial charge in [0.05, 0.1) is 0 Å². The van der Waals surface area contributed by atoms with Gasteiger partial charge in [0, 0.05) is 37.9 Å². The van der Waals surface area contributed by atoms with Crippen molar-refractivity contribution in [3.8, 4) is 0 Å². The van der Waals surface area contributed by atoms with Crippen LogP contribution in [0.5, 0.6) is 0 Å². The van der Waals surface area contributed by atoms with E-state index in [2.05, 4.69) is 54.2 Å². The predicted molar refractivity (Wildman–Crippen MR) is 78.2 cm³/mol. The number of piperazine rings is 1. The predicted octanol–water partition coefficient (Wildman–Crippen LogP) is 1.85.